The average Bonchev–Trinajstić information content (AvgIpc) is 2.36. The molecular weight excluding hydrogens is 228 g/mol. The Morgan fingerprint density at radius 2 is 1.83 bits per heavy atom. The van der Waals surface area contributed by atoms with Crippen molar-refractivity contribution >= 4 is 11.6 Å². The standard InChI is InChI=1S/C13H24N4O/c1-5-7-14-11-10(3)12(17-9-16-11)15-8-13(4,18)6-2/h9,18H,5-8H2,1-4H3,(H2,14,15,16,17). The zero-order valence-electron chi connectivity index (χ0n) is 11.7. The van der Waals surface area contributed by atoms with Crippen molar-refractivity contribution < 1.29 is 5.11 Å². The number of hydrogen-bond donors (Lipinski definition) is 3. The zero-order chi connectivity index (χ0) is 13.6. The minimum atomic E-state index is -0.714. The summed E-state index contributed by atoms with van der Waals surface area (Å²) in [6, 6.07) is 0. The van der Waals surface area contributed by atoms with Crippen molar-refractivity contribution in [3.8, 4) is 0 Å². The number of rotatable bonds is 7. The van der Waals surface area contributed by atoms with E-state index in [0.29, 0.717) is 13.0 Å². The van der Waals surface area contributed by atoms with E-state index in [1.807, 2.05) is 20.8 Å². The SMILES string of the molecule is CCCNc1ncnc(NCC(C)(O)CC)c1C. The molecule has 1 heterocycles. The molecule has 0 aliphatic rings. The van der Waals surface area contributed by atoms with E-state index in [9.17, 15) is 5.11 Å². The molecule has 0 fully saturated rings. The van der Waals surface area contributed by atoms with Gasteiger partial charge in [0.15, 0.2) is 0 Å². The first kappa shape index (κ1) is 14.7. The third kappa shape index (κ3) is 4.14. The van der Waals surface area contributed by atoms with Crippen LogP contribution in [0.5, 0.6) is 0 Å². The Kier molecular flexibility index (Phi) is 5.34. The normalized spacial score (nSPS) is 14.1. The van der Waals surface area contributed by atoms with Crippen LogP contribution in [0.15, 0.2) is 6.33 Å². The van der Waals surface area contributed by atoms with Gasteiger partial charge in [0, 0.05) is 18.7 Å². The molecule has 0 spiro atoms. The average molecular weight is 252 g/mol. The van der Waals surface area contributed by atoms with Crippen LogP contribution in [0.3, 0.4) is 0 Å². The molecule has 5 nitrogen and oxygen atoms in total. The van der Waals surface area contributed by atoms with E-state index in [4.69, 9.17) is 0 Å². The Morgan fingerprint density at radius 1 is 1.22 bits per heavy atom. The van der Waals surface area contributed by atoms with Gasteiger partial charge in [0.25, 0.3) is 0 Å². The predicted octanol–water partition coefficient (Wildman–Crippen LogP) is 2.18. The Hall–Kier alpha value is -1.36. The summed E-state index contributed by atoms with van der Waals surface area (Å²) in [6.07, 6.45) is 3.29. The van der Waals surface area contributed by atoms with E-state index in [1.54, 1.807) is 0 Å². The molecule has 0 saturated carbocycles. The highest BCUT2D eigenvalue weighted by Gasteiger charge is 2.18. The van der Waals surface area contributed by atoms with Crippen LogP contribution < -0.4 is 10.6 Å². The smallest absolute Gasteiger partial charge is 0.134 e. The first-order valence-corrected chi connectivity index (χ1v) is 6.52. The van der Waals surface area contributed by atoms with Crippen LogP contribution in [0.25, 0.3) is 0 Å². The van der Waals surface area contributed by atoms with E-state index in [0.717, 1.165) is 30.2 Å². The quantitative estimate of drug-likeness (QED) is 0.694. The molecule has 102 valence electrons. The summed E-state index contributed by atoms with van der Waals surface area (Å²) in [6.45, 7) is 9.23. The summed E-state index contributed by atoms with van der Waals surface area (Å²) in [5.74, 6) is 1.63. The van der Waals surface area contributed by atoms with Gasteiger partial charge in [-0.05, 0) is 26.7 Å². The van der Waals surface area contributed by atoms with Gasteiger partial charge in [0.2, 0.25) is 0 Å². The number of aromatic nitrogens is 2. The lowest BCUT2D eigenvalue weighted by Crippen LogP contribution is -2.32. The Labute approximate surface area is 109 Å². The van der Waals surface area contributed by atoms with Crippen molar-refractivity contribution in [1.82, 2.24) is 9.97 Å². The van der Waals surface area contributed by atoms with E-state index >= 15 is 0 Å². The summed E-state index contributed by atoms with van der Waals surface area (Å²) in [5, 5.41) is 16.4. The summed E-state index contributed by atoms with van der Waals surface area (Å²) in [7, 11) is 0. The number of nitrogens with one attached hydrogen (secondary N) is 2. The lowest BCUT2D eigenvalue weighted by atomic mass is 10.0. The molecule has 0 bridgehead atoms. The topological polar surface area (TPSA) is 70.1 Å². The second-order valence-electron chi connectivity index (χ2n) is 4.83. The zero-order valence-corrected chi connectivity index (χ0v) is 11.7. The second-order valence-corrected chi connectivity index (χ2v) is 4.83. The van der Waals surface area contributed by atoms with Crippen LogP contribution in [0, 0.1) is 6.92 Å². The maximum Gasteiger partial charge on any atom is 0.134 e. The maximum atomic E-state index is 9.96. The van der Waals surface area contributed by atoms with Crippen LogP contribution in [0.2, 0.25) is 0 Å². The molecule has 0 saturated heterocycles. The van der Waals surface area contributed by atoms with E-state index in [2.05, 4.69) is 27.5 Å². The van der Waals surface area contributed by atoms with Gasteiger partial charge in [-0.3, -0.25) is 0 Å². The lowest BCUT2D eigenvalue weighted by Gasteiger charge is -2.22. The highest BCUT2D eigenvalue weighted by molar-refractivity contribution is 5.56. The van der Waals surface area contributed by atoms with Crippen LogP contribution >= 0.6 is 0 Å². The largest absolute Gasteiger partial charge is 0.388 e. The monoisotopic (exact) mass is 252 g/mol. The minimum Gasteiger partial charge on any atom is -0.388 e. The van der Waals surface area contributed by atoms with Crippen LogP contribution in [0.1, 0.15) is 39.2 Å². The number of anilines is 2. The molecule has 5 heteroatoms. The van der Waals surface area contributed by atoms with Gasteiger partial charge in [-0.15, -0.1) is 0 Å². The van der Waals surface area contributed by atoms with Crippen molar-refractivity contribution in [2.24, 2.45) is 0 Å². The molecule has 1 unspecified atom stereocenters. The number of hydrogen-bond acceptors (Lipinski definition) is 5. The van der Waals surface area contributed by atoms with Gasteiger partial charge < -0.3 is 15.7 Å². The van der Waals surface area contributed by atoms with E-state index in [-0.39, 0.29) is 0 Å². The summed E-state index contributed by atoms with van der Waals surface area (Å²) < 4.78 is 0. The molecule has 1 rings (SSSR count). The highest BCUT2D eigenvalue weighted by atomic mass is 16.3. The van der Waals surface area contributed by atoms with E-state index in [1.165, 1.54) is 6.33 Å². The van der Waals surface area contributed by atoms with Gasteiger partial charge in [-0.25, -0.2) is 9.97 Å². The van der Waals surface area contributed by atoms with Crippen molar-refractivity contribution in [3.05, 3.63) is 11.9 Å². The number of aliphatic hydroxyl groups is 1. The Bertz CT molecular complexity index is 379. The fourth-order valence-electron chi connectivity index (χ4n) is 1.45. The van der Waals surface area contributed by atoms with Gasteiger partial charge in [0.05, 0.1) is 5.60 Å². The molecule has 1 aromatic heterocycles. The second kappa shape index (κ2) is 6.54. The molecule has 18 heavy (non-hydrogen) atoms. The van der Waals surface area contributed by atoms with Crippen LogP contribution in [-0.2, 0) is 0 Å². The molecule has 0 aliphatic heterocycles. The summed E-state index contributed by atoms with van der Waals surface area (Å²) >= 11 is 0. The molecule has 1 aromatic rings. The van der Waals surface area contributed by atoms with E-state index < -0.39 is 5.60 Å². The first-order chi connectivity index (χ1) is 8.50. The molecule has 0 aliphatic carbocycles. The van der Waals surface area contributed by atoms with Gasteiger partial charge >= 0.3 is 0 Å². The van der Waals surface area contributed by atoms with Gasteiger partial charge in [-0.1, -0.05) is 13.8 Å². The molecule has 0 amide bonds. The maximum absolute atomic E-state index is 9.96. The molecule has 1 atom stereocenters. The Morgan fingerprint density at radius 3 is 2.39 bits per heavy atom. The minimum absolute atomic E-state index is 0.481. The van der Waals surface area contributed by atoms with Gasteiger partial charge in [-0.2, -0.15) is 0 Å². The van der Waals surface area contributed by atoms with Crippen LogP contribution in [0.4, 0.5) is 11.6 Å². The fraction of sp³-hybridized carbons (Fsp3) is 0.692. The third-order valence-corrected chi connectivity index (χ3v) is 3.02. The van der Waals surface area contributed by atoms with Gasteiger partial charge in [0.1, 0.15) is 18.0 Å². The number of nitrogens with zero attached hydrogens (tertiary/aromatic N) is 2. The predicted molar refractivity (Wildman–Crippen MR) is 75.0 cm³/mol. The molecule has 3 N–H and O–H groups in total. The summed E-state index contributed by atoms with van der Waals surface area (Å²) in [4.78, 5) is 8.43. The van der Waals surface area contributed by atoms with Crippen molar-refractivity contribution in [2.75, 3.05) is 23.7 Å². The molecule has 0 aromatic carbocycles. The fourth-order valence-corrected chi connectivity index (χ4v) is 1.45. The lowest BCUT2D eigenvalue weighted by molar-refractivity contribution is 0.0696. The summed E-state index contributed by atoms with van der Waals surface area (Å²) in [5.41, 5.74) is 0.270. The van der Waals surface area contributed by atoms with Crippen LogP contribution in [-0.4, -0.2) is 33.8 Å². The molecular formula is C13H24N4O. The first-order valence-electron chi connectivity index (χ1n) is 6.52. The molecule has 0 radical (unpaired) electrons. The third-order valence-electron chi connectivity index (χ3n) is 3.02. The van der Waals surface area contributed by atoms with Crippen molar-refractivity contribution in [2.45, 2.75) is 46.1 Å². The van der Waals surface area contributed by atoms with Crippen molar-refractivity contribution in [3.63, 3.8) is 0 Å². The highest BCUT2D eigenvalue weighted by Crippen LogP contribution is 2.19. The Balaban J connectivity index is 2.71. The van der Waals surface area contributed by atoms with Crippen molar-refractivity contribution in [1.29, 1.82) is 0 Å².